The van der Waals surface area contributed by atoms with Gasteiger partial charge in [-0.25, -0.2) is 18.7 Å². The van der Waals surface area contributed by atoms with E-state index in [1.54, 1.807) is 17.3 Å². The number of allylic oxidation sites excluding steroid dienone is 1. The zero-order valence-electron chi connectivity index (χ0n) is 24.6. The van der Waals surface area contributed by atoms with Crippen molar-refractivity contribution in [3.05, 3.63) is 89.3 Å². The molecule has 6 rings (SSSR count). The average Bonchev–Trinajstić information content (AvgIpc) is 3.61. The van der Waals surface area contributed by atoms with Crippen LogP contribution in [0.2, 0.25) is 0 Å². The minimum absolute atomic E-state index is 0.0561. The van der Waals surface area contributed by atoms with Crippen LogP contribution in [0.5, 0.6) is 11.5 Å². The molecule has 4 aromatic rings. The van der Waals surface area contributed by atoms with E-state index in [1.165, 1.54) is 30.3 Å². The second-order valence-electron chi connectivity index (χ2n) is 11.7. The van der Waals surface area contributed by atoms with Crippen molar-refractivity contribution in [2.45, 2.75) is 62.7 Å². The summed E-state index contributed by atoms with van der Waals surface area (Å²) in [6.45, 7) is 4.16. The highest BCUT2D eigenvalue weighted by molar-refractivity contribution is 5.97. The topological polar surface area (TPSA) is 146 Å². The average molecular weight is 617 g/mol. The molecule has 1 aliphatic heterocycles. The van der Waals surface area contributed by atoms with Crippen LogP contribution in [-0.2, 0) is 4.79 Å². The maximum atomic E-state index is 16.0. The van der Waals surface area contributed by atoms with Crippen molar-refractivity contribution < 1.29 is 22.7 Å². The summed E-state index contributed by atoms with van der Waals surface area (Å²) in [6, 6.07) is 7.97. The van der Waals surface area contributed by atoms with Crippen LogP contribution in [0.25, 0.3) is 11.0 Å². The van der Waals surface area contributed by atoms with Gasteiger partial charge in [0.1, 0.15) is 17.6 Å². The highest BCUT2D eigenvalue weighted by atomic mass is 19.2. The molecule has 0 spiro atoms. The standard InChI is InChI=1S/C32H31F3N8O2/c1-17(2)41-32(10-11-32)21(8-12-36)31(44)43-13-9-24(37)26(28(43)30-38-15-18-16-39-42-29(18)40-30)20-7-6-19(14-23(20)34)45-25-5-3-4-22(33)27(25)35/h3-8,14-17,24,26,28,41H,9-11,13,37H2,1-2H3,(H,38,39,40,42). The Morgan fingerprint density at radius 3 is 2.73 bits per heavy atom. The zero-order chi connectivity index (χ0) is 31.9. The summed E-state index contributed by atoms with van der Waals surface area (Å²) in [7, 11) is 0. The molecule has 2 fully saturated rings. The fourth-order valence-corrected chi connectivity index (χ4v) is 6.18. The van der Waals surface area contributed by atoms with Crippen LogP contribution in [-0.4, -0.2) is 55.1 Å². The van der Waals surface area contributed by atoms with Crippen molar-refractivity contribution in [2.24, 2.45) is 5.73 Å². The number of aromatic amines is 1. The minimum atomic E-state index is -1.20. The second kappa shape index (κ2) is 11.9. The second-order valence-corrected chi connectivity index (χ2v) is 11.7. The van der Waals surface area contributed by atoms with Gasteiger partial charge in [0.15, 0.2) is 23.0 Å². The highest BCUT2D eigenvalue weighted by Gasteiger charge is 2.52. The quantitative estimate of drug-likeness (QED) is 0.187. The van der Waals surface area contributed by atoms with Crippen LogP contribution in [0.4, 0.5) is 13.2 Å². The van der Waals surface area contributed by atoms with E-state index < -0.39 is 46.7 Å². The number of H-pyrrole nitrogens is 1. The van der Waals surface area contributed by atoms with Gasteiger partial charge in [0.05, 0.1) is 17.7 Å². The Labute approximate surface area is 257 Å². The summed E-state index contributed by atoms with van der Waals surface area (Å²) >= 11 is 0. The zero-order valence-corrected chi connectivity index (χ0v) is 24.6. The lowest BCUT2D eigenvalue weighted by atomic mass is 9.78. The Balaban J connectivity index is 1.42. The monoisotopic (exact) mass is 616 g/mol. The van der Waals surface area contributed by atoms with E-state index in [4.69, 9.17) is 10.5 Å². The maximum Gasteiger partial charge on any atom is 0.253 e. The largest absolute Gasteiger partial charge is 0.454 e. The number of carbonyl (C=O) groups is 1. The Bertz CT molecular complexity index is 1830. The summed E-state index contributed by atoms with van der Waals surface area (Å²) in [4.78, 5) is 25.2. The predicted molar refractivity (Wildman–Crippen MR) is 158 cm³/mol. The van der Waals surface area contributed by atoms with Crippen molar-refractivity contribution in [2.75, 3.05) is 6.54 Å². The number of fused-ring (bicyclic) bond motifs is 1. The Kier molecular flexibility index (Phi) is 8.03. The minimum Gasteiger partial charge on any atom is -0.454 e. The van der Waals surface area contributed by atoms with Gasteiger partial charge in [-0.05, 0) is 43.0 Å². The number of benzene rings is 2. The summed E-state index contributed by atoms with van der Waals surface area (Å²) in [5.74, 6) is -4.45. The van der Waals surface area contributed by atoms with Gasteiger partial charge in [-0.15, -0.1) is 0 Å². The van der Waals surface area contributed by atoms with Crippen LogP contribution in [0.1, 0.15) is 56.5 Å². The number of hydrogen-bond acceptors (Lipinski definition) is 8. The smallest absolute Gasteiger partial charge is 0.253 e. The van der Waals surface area contributed by atoms with Gasteiger partial charge in [0, 0.05) is 54.0 Å². The molecule has 232 valence electrons. The number of piperidine rings is 1. The van der Waals surface area contributed by atoms with Crippen LogP contribution < -0.4 is 15.8 Å². The summed E-state index contributed by atoms with van der Waals surface area (Å²) < 4.78 is 49.4. The van der Waals surface area contributed by atoms with E-state index in [0.717, 1.165) is 12.1 Å². The number of hydrogen-bond donors (Lipinski definition) is 3. The molecule has 45 heavy (non-hydrogen) atoms. The third kappa shape index (κ3) is 5.74. The van der Waals surface area contributed by atoms with E-state index in [2.05, 4.69) is 25.5 Å². The van der Waals surface area contributed by atoms with Gasteiger partial charge in [-0.1, -0.05) is 26.0 Å². The summed E-state index contributed by atoms with van der Waals surface area (Å²) in [6.07, 6.45) is 6.11. The number of carbonyl (C=O) groups excluding carboxylic acids is 1. The molecule has 1 saturated carbocycles. The van der Waals surface area contributed by atoms with Gasteiger partial charge < -0.3 is 20.7 Å². The molecule has 4 N–H and O–H groups in total. The number of nitriles is 1. The molecule has 0 bridgehead atoms. The number of nitrogens with one attached hydrogen (secondary N) is 2. The molecule has 3 unspecified atom stereocenters. The Hall–Kier alpha value is -4.80. The Morgan fingerprint density at radius 2 is 2.02 bits per heavy atom. The molecule has 3 atom stereocenters. The predicted octanol–water partition coefficient (Wildman–Crippen LogP) is 4.93. The maximum absolute atomic E-state index is 16.0. The molecular formula is C32H31F3N8O2. The molecular weight excluding hydrogens is 585 g/mol. The normalized spacial score (nSPS) is 21.2. The first-order valence-electron chi connectivity index (χ1n) is 14.6. The molecule has 13 heteroatoms. The van der Waals surface area contributed by atoms with Crippen LogP contribution in [0.15, 0.2) is 60.4 Å². The molecule has 2 aliphatic rings. The number of halogens is 3. The van der Waals surface area contributed by atoms with Gasteiger partial charge in [-0.2, -0.15) is 14.8 Å². The van der Waals surface area contributed by atoms with E-state index in [0.29, 0.717) is 35.9 Å². The lowest BCUT2D eigenvalue weighted by molar-refractivity contribution is -0.132. The number of aromatic nitrogens is 4. The number of nitrogens with zero attached hydrogens (tertiary/aromatic N) is 5. The SMILES string of the molecule is CC(C)NC1(C(=CC#N)C(=O)N2CCC(N)C(c3ccc(Oc4cccc(F)c4F)cc3F)C2c2ncc3cn[nH]c3n2)CC1. The first kappa shape index (κ1) is 30.2. The van der Waals surface area contributed by atoms with Crippen molar-refractivity contribution in [1.82, 2.24) is 30.4 Å². The third-order valence-electron chi connectivity index (χ3n) is 8.32. The lowest BCUT2D eigenvalue weighted by Crippen LogP contribution is -2.53. The van der Waals surface area contributed by atoms with Crippen molar-refractivity contribution in [1.29, 1.82) is 5.26 Å². The van der Waals surface area contributed by atoms with E-state index in [-0.39, 0.29) is 35.6 Å². The fourth-order valence-electron chi connectivity index (χ4n) is 6.18. The summed E-state index contributed by atoms with van der Waals surface area (Å²) in [5, 5.41) is 20.6. The van der Waals surface area contributed by atoms with E-state index >= 15 is 4.39 Å². The summed E-state index contributed by atoms with van der Waals surface area (Å²) in [5.41, 5.74) is 6.95. The molecule has 1 amide bonds. The van der Waals surface area contributed by atoms with Crippen molar-refractivity contribution >= 4 is 16.9 Å². The van der Waals surface area contributed by atoms with Crippen molar-refractivity contribution in [3.63, 3.8) is 0 Å². The molecule has 1 aliphatic carbocycles. The van der Waals surface area contributed by atoms with Gasteiger partial charge in [0.2, 0.25) is 5.82 Å². The van der Waals surface area contributed by atoms with Gasteiger partial charge >= 0.3 is 0 Å². The lowest BCUT2D eigenvalue weighted by Gasteiger charge is -2.44. The van der Waals surface area contributed by atoms with Gasteiger partial charge in [-0.3, -0.25) is 9.89 Å². The molecule has 2 aromatic carbocycles. The van der Waals surface area contributed by atoms with Crippen molar-refractivity contribution in [3.8, 4) is 17.6 Å². The highest BCUT2D eigenvalue weighted by Crippen LogP contribution is 2.47. The third-order valence-corrected chi connectivity index (χ3v) is 8.32. The van der Waals surface area contributed by atoms with Crippen LogP contribution in [0.3, 0.4) is 0 Å². The molecule has 0 radical (unpaired) electrons. The number of rotatable bonds is 8. The first-order valence-corrected chi connectivity index (χ1v) is 14.6. The molecule has 3 heterocycles. The van der Waals surface area contributed by atoms with E-state index in [9.17, 15) is 18.8 Å². The van der Waals surface area contributed by atoms with Crippen LogP contribution >= 0.6 is 0 Å². The number of ether oxygens (including phenoxy) is 1. The fraction of sp³-hybridized carbons (Fsp3) is 0.344. The van der Waals surface area contributed by atoms with E-state index in [1.807, 2.05) is 19.9 Å². The van der Waals surface area contributed by atoms with Crippen LogP contribution in [0, 0.1) is 28.8 Å². The Morgan fingerprint density at radius 1 is 1.22 bits per heavy atom. The molecule has 1 saturated heterocycles. The number of nitrogens with two attached hydrogens (primary N) is 1. The number of likely N-dealkylation sites (tertiary alicyclic amines) is 1. The first-order chi connectivity index (χ1) is 21.6. The molecule has 2 aromatic heterocycles. The van der Waals surface area contributed by atoms with Gasteiger partial charge in [0.25, 0.3) is 5.91 Å². The number of amides is 1. The molecule has 10 nitrogen and oxygen atoms in total.